The van der Waals surface area contributed by atoms with Crippen LogP contribution in [0.5, 0.6) is 0 Å². The summed E-state index contributed by atoms with van der Waals surface area (Å²) in [6.07, 6.45) is 1.81. The van der Waals surface area contributed by atoms with Crippen molar-refractivity contribution in [2.45, 2.75) is 93.8 Å². The van der Waals surface area contributed by atoms with Crippen molar-refractivity contribution in [3.8, 4) is 0 Å². The van der Waals surface area contributed by atoms with Gasteiger partial charge in [-0.05, 0) is 94.0 Å². The number of para-hydroxylation sites is 1. The second-order valence-electron chi connectivity index (χ2n) is 15.7. The van der Waals surface area contributed by atoms with Crippen LogP contribution in [-0.4, -0.2) is 66.3 Å². The van der Waals surface area contributed by atoms with Crippen LogP contribution in [0, 0.1) is 20.8 Å². The molecular formula is C49H61N7O6. The SMILES string of the molecule is C=C(O)c1nn(C)c2cc(C)ccc12.CC.CCn1nc(C(C)(C)O)c2cccc(C(C)C)c21.Cc1cccc2c1ccn2CC(=O)O.Cc1cccc2nn(C)c(C(=O)O)c12. The molecule has 0 aliphatic heterocycles. The fourth-order valence-electron chi connectivity index (χ4n) is 7.32. The number of hydrogen-bond donors (Lipinski definition) is 4. The number of aryl methyl sites for hydroxylation is 6. The number of aliphatic hydroxyl groups is 2. The van der Waals surface area contributed by atoms with Crippen LogP contribution in [0.15, 0.2) is 91.6 Å². The number of aromatic carboxylic acids is 1. The number of carbonyl (C=O) groups is 2. The number of carboxylic acids is 2. The minimum atomic E-state index is -0.940. The molecule has 0 aliphatic carbocycles. The first-order valence-electron chi connectivity index (χ1n) is 20.7. The summed E-state index contributed by atoms with van der Waals surface area (Å²) in [5.41, 5.74) is 9.11. The number of aromatic nitrogens is 7. The number of rotatable bonds is 7. The van der Waals surface area contributed by atoms with Gasteiger partial charge in [-0.3, -0.25) is 18.8 Å². The molecule has 62 heavy (non-hydrogen) atoms. The molecule has 4 aromatic heterocycles. The lowest BCUT2D eigenvalue weighted by Gasteiger charge is -2.14. The number of benzene rings is 4. The number of aliphatic carboxylic acids is 1. The van der Waals surface area contributed by atoms with Gasteiger partial charge in [0.1, 0.15) is 29.3 Å². The molecule has 13 nitrogen and oxygen atoms in total. The van der Waals surface area contributed by atoms with Gasteiger partial charge >= 0.3 is 11.9 Å². The molecule has 0 atom stereocenters. The van der Waals surface area contributed by atoms with Crippen molar-refractivity contribution in [1.29, 1.82) is 0 Å². The van der Waals surface area contributed by atoms with Gasteiger partial charge in [-0.25, -0.2) is 4.79 Å². The number of fused-ring (bicyclic) bond motifs is 4. The van der Waals surface area contributed by atoms with Gasteiger partial charge in [0, 0.05) is 53.9 Å². The van der Waals surface area contributed by atoms with Crippen LogP contribution in [0.3, 0.4) is 0 Å². The highest BCUT2D eigenvalue weighted by atomic mass is 16.4. The number of nitrogens with zero attached hydrogens (tertiary/aromatic N) is 7. The molecule has 4 heterocycles. The fourth-order valence-corrected chi connectivity index (χ4v) is 7.32. The Morgan fingerprint density at radius 2 is 1.42 bits per heavy atom. The van der Waals surface area contributed by atoms with E-state index >= 15 is 0 Å². The van der Waals surface area contributed by atoms with Crippen molar-refractivity contribution in [1.82, 2.24) is 33.9 Å². The minimum Gasteiger partial charge on any atom is -0.506 e. The van der Waals surface area contributed by atoms with Crippen LogP contribution in [0.4, 0.5) is 0 Å². The predicted octanol–water partition coefficient (Wildman–Crippen LogP) is 10.5. The Bertz CT molecular complexity index is 2850. The van der Waals surface area contributed by atoms with Gasteiger partial charge in [-0.1, -0.05) is 88.9 Å². The number of aliphatic hydroxyl groups excluding tert-OH is 1. The molecular weight excluding hydrogens is 783 g/mol. The lowest BCUT2D eigenvalue weighted by atomic mass is 9.96. The van der Waals surface area contributed by atoms with Crippen LogP contribution in [0.2, 0.25) is 0 Å². The summed E-state index contributed by atoms with van der Waals surface area (Å²) in [5, 5.41) is 54.1. The molecule has 0 unspecified atom stereocenters. The Hall–Kier alpha value is -6.73. The van der Waals surface area contributed by atoms with E-state index in [2.05, 4.69) is 54.8 Å². The van der Waals surface area contributed by atoms with Crippen LogP contribution in [0.25, 0.3) is 49.4 Å². The lowest BCUT2D eigenvalue weighted by Crippen LogP contribution is -2.17. The molecule has 0 amide bonds. The minimum absolute atomic E-state index is 0.0134. The molecule has 0 fully saturated rings. The Kier molecular flexibility index (Phi) is 15.6. The first-order valence-corrected chi connectivity index (χ1v) is 20.7. The maximum absolute atomic E-state index is 11.0. The van der Waals surface area contributed by atoms with E-state index in [-0.39, 0.29) is 18.0 Å². The summed E-state index contributed by atoms with van der Waals surface area (Å²) in [4.78, 5) is 21.6. The summed E-state index contributed by atoms with van der Waals surface area (Å²) in [6, 6.07) is 25.7. The van der Waals surface area contributed by atoms with Crippen molar-refractivity contribution in [2.24, 2.45) is 14.1 Å². The maximum atomic E-state index is 11.0. The standard InChI is InChI=1S/C15H22N2O.C11H12N2O.C11H11NO2.C10H10N2O2.C2H6/c1-6-17-13-11(10(2)3)8-7-9-12(13)14(16-17)15(4,5)18;1-7-4-5-9-10(6-7)13(3)12-11(9)8(2)14;1-8-3-2-4-10-9(8)5-6-12(10)7-11(13)14;1-6-4-3-5-7-8(6)9(10(13)14)12(2)11-7;1-2/h7-10,18H,6H2,1-5H3;4-6,14H,2H2,1,3H3;2-6H,7H2,1H3,(H,13,14);3-5H,1-2H3,(H,13,14);1-2H3. The van der Waals surface area contributed by atoms with E-state index in [0.29, 0.717) is 11.6 Å². The highest BCUT2D eigenvalue weighted by Crippen LogP contribution is 2.32. The van der Waals surface area contributed by atoms with Crippen molar-refractivity contribution >= 4 is 61.3 Å². The maximum Gasteiger partial charge on any atom is 0.354 e. The zero-order chi connectivity index (χ0) is 46.2. The third-order valence-electron chi connectivity index (χ3n) is 10.2. The molecule has 13 heteroatoms. The van der Waals surface area contributed by atoms with E-state index in [9.17, 15) is 19.8 Å². The smallest absolute Gasteiger partial charge is 0.354 e. The van der Waals surface area contributed by atoms with Gasteiger partial charge in [-0.15, -0.1) is 0 Å². The molecule has 0 radical (unpaired) electrons. The Balaban J connectivity index is 0.000000180. The number of hydrogen-bond acceptors (Lipinski definition) is 7. The largest absolute Gasteiger partial charge is 0.506 e. The number of carboxylic acid groups (broad SMARTS) is 2. The van der Waals surface area contributed by atoms with E-state index in [4.69, 9.17) is 10.2 Å². The molecule has 4 N–H and O–H groups in total. The molecule has 0 aliphatic rings. The van der Waals surface area contributed by atoms with Crippen molar-refractivity contribution in [3.63, 3.8) is 0 Å². The van der Waals surface area contributed by atoms with Crippen molar-refractivity contribution in [3.05, 3.63) is 131 Å². The van der Waals surface area contributed by atoms with Crippen LogP contribution < -0.4 is 0 Å². The summed E-state index contributed by atoms with van der Waals surface area (Å²) in [6.45, 7) is 24.3. The van der Waals surface area contributed by atoms with E-state index < -0.39 is 17.5 Å². The molecule has 8 aromatic rings. The molecule has 0 saturated heterocycles. The average molecular weight is 844 g/mol. The van der Waals surface area contributed by atoms with Gasteiger partial charge in [0.15, 0.2) is 5.69 Å². The first-order chi connectivity index (χ1) is 29.2. The van der Waals surface area contributed by atoms with Crippen molar-refractivity contribution < 1.29 is 30.0 Å². The van der Waals surface area contributed by atoms with Gasteiger partial charge in [-0.2, -0.15) is 15.3 Å². The summed E-state index contributed by atoms with van der Waals surface area (Å²) >= 11 is 0. The second-order valence-corrected chi connectivity index (χ2v) is 15.7. The lowest BCUT2D eigenvalue weighted by molar-refractivity contribution is -0.137. The van der Waals surface area contributed by atoms with Gasteiger partial charge in [0.05, 0.1) is 16.6 Å². The highest BCUT2D eigenvalue weighted by molar-refractivity contribution is 6.02. The highest BCUT2D eigenvalue weighted by Gasteiger charge is 2.25. The van der Waals surface area contributed by atoms with Crippen LogP contribution in [-0.2, 0) is 37.6 Å². The van der Waals surface area contributed by atoms with E-state index in [1.165, 1.54) is 21.4 Å². The van der Waals surface area contributed by atoms with E-state index in [1.54, 1.807) is 30.1 Å². The van der Waals surface area contributed by atoms with Gasteiger partial charge in [0.2, 0.25) is 0 Å². The second kappa shape index (κ2) is 20.2. The third kappa shape index (κ3) is 10.6. The van der Waals surface area contributed by atoms with Crippen LogP contribution in [0.1, 0.15) is 98.5 Å². The molecule has 8 rings (SSSR count). The first kappa shape index (κ1) is 47.9. The fraction of sp³-hybridized carbons (Fsp3) is 0.327. The topological polar surface area (TPSA) is 173 Å². The Morgan fingerprint density at radius 3 is 2.02 bits per heavy atom. The zero-order valence-electron chi connectivity index (χ0n) is 38.0. The van der Waals surface area contributed by atoms with Crippen LogP contribution >= 0.6 is 0 Å². The molecule has 0 saturated carbocycles. The quantitative estimate of drug-likeness (QED) is 0.114. The van der Waals surface area contributed by atoms with E-state index in [0.717, 1.165) is 61.4 Å². The molecule has 0 bridgehead atoms. The Labute approximate surface area is 363 Å². The zero-order valence-corrected chi connectivity index (χ0v) is 38.0. The molecule has 0 spiro atoms. The summed E-state index contributed by atoms with van der Waals surface area (Å²) < 4.78 is 6.89. The molecule has 4 aromatic carbocycles. The van der Waals surface area contributed by atoms with Gasteiger partial charge < -0.3 is 25.0 Å². The van der Waals surface area contributed by atoms with Gasteiger partial charge in [0.25, 0.3) is 0 Å². The normalized spacial score (nSPS) is 11.0. The Morgan fingerprint density at radius 1 is 0.774 bits per heavy atom. The molecule has 328 valence electrons. The average Bonchev–Trinajstić information content (AvgIpc) is 3.98. The monoisotopic (exact) mass is 843 g/mol. The predicted molar refractivity (Wildman–Crippen MR) is 250 cm³/mol. The summed E-state index contributed by atoms with van der Waals surface area (Å²) in [7, 11) is 3.50. The summed E-state index contributed by atoms with van der Waals surface area (Å²) in [5.74, 6) is -1.29. The third-order valence-corrected chi connectivity index (χ3v) is 10.2. The van der Waals surface area contributed by atoms with E-state index in [1.807, 2.05) is 119 Å². The van der Waals surface area contributed by atoms with Crippen molar-refractivity contribution in [2.75, 3.05) is 0 Å².